The molecule has 0 unspecified atom stereocenters. The highest BCUT2D eigenvalue weighted by atomic mass is 35.5. The molecule has 124 valence electrons. The zero-order valence-electron chi connectivity index (χ0n) is 12.7. The molecule has 0 bridgehead atoms. The Hall–Kier alpha value is -2.29. The van der Waals surface area contributed by atoms with Crippen LogP contribution in [0.15, 0.2) is 24.3 Å². The SMILES string of the molecule is [C-]#[N+]CCc1cc(C(=O)OC)c(N)c(F)c1-c1cccc(Cl)c1Cl. The van der Waals surface area contributed by atoms with Crippen molar-refractivity contribution in [3.63, 3.8) is 0 Å². The van der Waals surface area contributed by atoms with Crippen molar-refractivity contribution in [2.75, 3.05) is 19.4 Å². The Balaban J connectivity index is 2.78. The van der Waals surface area contributed by atoms with Crippen molar-refractivity contribution in [2.24, 2.45) is 0 Å². The normalized spacial score (nSPS) is 10.3. The van der Waals surface area contributed by atoms with Crippen molar-refractivity contribution in [3.05, 3.63) is 62.7 Å². The summed E-state index contributed by atoms with van der Waals surface area (Å²) in [7, 11) is 1.18. The first kappa shape index (κ1) is 18.1. The molecule has 24 heavy (non-hydrogen) atoms. The molecule has 0 heterocycles. The van der Waals surface area contributed by atoms with Gasteiger partial charge in [0.15, 0.2) is 5.82 Å². The lowest BCUT2D eigenvalue weighted by molar-refractivity contribution is 0.0601. The van der Waals surface area contributed by atoms with Crippen LogP contribution in [0.2, 0.25) is 10.0 Å². The summed E-state index contributed by atoms with van der Waals surface area (Å²) in [6.07, 6.45) is 0.225. The van der Waals surface area contributed by atoms with E-state index in [9.17, 15) is 9.18 Å². The second-order valence-electron chi connectivity index (χ2n) is 4.91. The van der Waals surface area contributed by atoms with Gasteiger partial charge in [-0.3, -0.25) is 0 Å². The number of ether oxygens (including phenoxy) is 1. The zero-order valence-corrected chi connectivity index (χ0v) is 14.2. The van der Waals surface area contributed by atoms with Crippen molar-refractivity contribution in [2.45, 2.75) is 6.42 Å². The monoisotopic (exact) mass is 366 g/mol. The highest BCUT2D eigenvalue weighted by Gasteiger charge is 2.24. The molecule has 2 aromatic rings. The van der Waals surface area contributed by atoms with Gasteiger partial charge in [0.2, 0.25) is 6.54 Å². The quantitative estimate of drug-likeness (QED) is 0.487. The number of esters is 1. The molecule has 2 aromatic carbocycles. The van der Waals surface area contributed by atoms with Crippen LogP contribution in [0, 0.1) is 12.4 Å². The van der Waals surface area contributed by atoms with Gasteiger partial charge in [-0.1, -0.05) is 35.3 Å². The van der Waals surface area contributed by atoms with E-state index in [0.717, 1.165) is 0 Å². The molecule has 7 heteroatoms. The molecular weight excluding hydrogens is 354 g/mol. The summed E-state index contributed by atoms with van der Waals surface area (Å²) < 4.78 is 19.6. The van der Waals surface area contributed by atoms with Gasteiger partial charge in [-0.25, -0.2) is 15.8 Å². The fourth-order valence-corrected chi connectivity index (χ4v) is 2.75. The molecule has 0 aliphatic heterocycles. The summed E-state index contributed by atoms with van der Waals surface area (Å²) in [5.41, 5.74) is 6.27. The molecule has 0 aromatic heterocycles. The molecule has 0 radical (unpaired) electrons. The second-order valence-corrected chi connectivity index (χ2v) is 5.70. The van der Waals surface area contributed by atoms with E-state index in [2.05, 4.69) is 9.58 Å². The van der Waals surface area contributed by atoms with E-state index in [-0.39, 0.29) is 39.8 Å². The highest BCUT2D eigenvalue weighted by Crippen LogP contribution is 2.39. The predicted molar refractivity (Wildman–Crippen MR) is 92.8 cm³/mol. The van der Waals surface area contributed by atoms with Crippen LogP contribution in [0.3, 0.4) is 0 Å². The Kier molecular flexibility index (Phi) is 5.66. The van der Waals surface area contributed by atoms with Crippen LogP contribution < -0.4 is 5.73 Å². The summed E-state index contributed by atoms with van der Waals surface area (Å²) in [5.74, 6) is -1.54. The number of carbonyl (C=O) groups is 1. The number of nitrogens with zero attached hydrogens (tertiary/aromatic N) is 1. The van der Waals surface area contributed by atoms with Gasteiger partial charge in [0.05, 0.1) is 28.4 Å². The first-order chi connectivity index (χ1) is 11.4. The number of rotatable bonds is 4. The van der Waals surface area contributed by atoms with E-state index in [4.69, 9.17) is 35.5 Å². The smallest absolute Gasteiger partial charge is 0.340 e. The van der Waals surface area contributed by atoms with Crippen LogP contribution in [0.4, 0.5) is 10.1 Å². The Morgan fingerprint density at radius 2 is 2.12 bits per heavy atom. The maximum absolute atomic E-state index is 14.9. The molecule has 4 nitrogen and oxygen atoms in total. The molecule has 0 saturated heterocycles. The third kappa shape index (κ3) is 3.30. The zero-order chi connectivity index (χ0) is 17.9. The van der Waals surface area contributed by atoms with Crippen LogP contribution >= 0.6 is 23.2 Å². The van der Waals surface area contributed by atoms with Crippen LogP contribution in [0.5, 0.6) is 0 Å². The lowest BCUT2D eigenvalue weighted by Crippen LogP contribution is -2.11. The maximum atomic E-state index is 14.9. The minimum atomic E-state index is -0.790. The van der Waals surface area contributed by atoms with Crippen molar-refractivity contribution >= 4 is 34.9 Å². The standard InChI is InChI=1S/C17H13Cl2FN2O2/c1-22-7-6-9-8-11(17(23)24-2)16(21)15(20)13(9)10-4-3-5-12(18)14(10)19/h3-5,8H,6-7,21H2,2H3. The number of nitrogen functional groups attached to an aromatic ring is 1. The number of methoxy groups -OCH3 is 1. The first-order valence-corrected chi connectivity index (χ1v) is 7.64. The summed E-state index contributed by atoms with van der Waals surface area (Å²) in [5, 5.41) is 0.438. The molecule has 0 fully saturated rings. The molecule has 0 amide bonds. The van der Waals surface area contributed by atoms with E-state index < -0.39 is 11.8 Å². The first-order valence-electron chi connectivity index (χ1n) is 6.89. The van der Waals surface area contributed by atoms with Gasteiger partial charge in [-0.15, -0.1) is 0 Å². The lowest BCUT2D eigenvalue weighted by Gasteiger charge is -2.16. The van der Waals surface area contributed by atoms with Crippen molar-refractivity contribution in [1.82, 2.24) is 0 Å². The summed E-state index contributed by atoms with van der Waals surface area (Å²) >= 11 is 12.2. The van der Waals surface area contributed by atoms with Gasteiger partial charge in [0, 0.05) is 17.5 Å². The van der Waals surface area contributed by atoms with Gasteiger partial charge in [0.1, 0.15) is 0 Å². The maximum Gasteiger partial charge on any atom is 0.340 e. The Morgan fingerprint density at radius 3 is 2.75 bits per heavy atom. The molecule has 2 N–H and O–H groups in total. The minimum Gasteiger partial charge on any atom is -0.465 e. The van der Waals surface area contributed by atoms with Gasteiger partial charge in [-0.2, -0.15) is 0 Å². The third-order valence-electron chi connectivity index (χ3n) is 3.51. The lowest BCUT2D eigenvalue weighted by atomic mass is 9.93. The van der Waals surface area contributed by atoms with Gasteiger partial charge in [-0.05, 0) is 17.7 Å². The Bertz CT molecular complexity index is 847. The molecule has 0 saturated carbocycles. The molecule has 0 aliphatic carbocycles. The van der Waals surface area contributed by atoms with E-state index in [1.807, 2.05) is 0 Å². The third-order valence-corrected chi connectivity index (χ3v) is 4.32. The molecular formula is C17H13Cl2FN2O2. The van der Waals surface area contributed by atoms with Gasteiger partial charge < -0.3 is 15.3 Å². The van der Waals surface area contributed by atoms with E-state index in [1.165, 1.54) is 13.2 Å². The van der Waals surface area contributed by atoms with Crippen molar-refractivity contribution in [3.8, 4) is 11.1 Å². The number of anilines is 1. The summed E-state index contributed by atoms with van der Waals surface area (Å²) in [6.45, 7) is 7.06. The van der Waals surface area contributed by atoms with Gasteiger partial charge in [0.25, 0.3) is 0 Å². The predicted octanol–water partition coefficient (Wildman–Crippen LogP) is 4.63. The van der Waals surface area contributed by atoms with Crippen molar-refractivity contribution in [1.29, 1.82) is 0 Å². The van der Waals surface area contributed by atoms with Crippen LogP contribution in [0.25, 0.3) is 16.0 Å². The van der Waals surface area contributed by atoms with E-state index in [1.54, 1.807) is 18.2 Å². The number of benzene rings is 2. The van der Waals surface area contributed by atoms with Crippen LogP contribution in [0.1, 0.15) is 15.9 Å². The number of halogens is 3. The fourth-order valence-electron chi connectivity index (χ4n) is 2.36. The van der Waals surface area contributed by atoms with Gasteiger partial charge >= 0.3 is 5.97 Å². The Labute approximate surface area is 148 Å². The van der Waals surface area contributed by atoms with Crippen LogP contribution in [-0.2, 0) is 11.2 Å². The molecule has 2 rings (SSSR count). The largest absolute Gasteiger partial charge is 0.465 e. The summed E-state index contributed by atoms with van der Waals surface area (Å²) in [6, 6.07) is 6.25. The number of hydrogen-bond acceptors (Lipinski definition) is 3. The second kappa shape index (κ2) is 7.52. The number of hydrogen-bond donors (Lipinski definition) is 1. The number of carbonyl (C=O) groups excluding carboxylic acids is 1. The van der Waals surface area contributed by atoms with E-state index in [0.29, 0.717) is 11.1 Å². The summed E-state index contributed by atoms with van der Waals surface area (Å²) in [4.78, 5) is 15.1. The topological polar surface area (TPSA) is 56.7 Å². The van der Waals surface area contributed by atoms with E-state index >= 15 is 0 Å². The Morgan fingerprint density at radius 1 is 1.42 bits per heavy atom. The minimum absolute atomic E-state index is 0.0862. The van der Waals surface area contributed by atoms with Crippen molar-refractivity contribution < 1.29 is 13.9 Å². The molecule has 0 spiro atoms. The molecule has 0 aliphatic rings. The fraction of sp³-hybridized carbons (Fsp3) is 0.176. The number of nitrogens with two attached hydrogens (primary N) is 1. The highest BCUT2D eigenvalue weighted by molar-refractivity contribution is 6.43. The average Bonchev–Trinajstić information content (AvgIpc) is 2.58. The van der Waals surface area contributed by atoms with Crippen LogP contribution in [-0.4, -0.2) is 19.6 Å². The molecule has 0 atom stereocenters. The average molecular weight is 367 g/mol.